The highest BCUT2D eigenvalue weighted by molar-refractivity contribution is 6.31. The summed E-state index contributed by atoms with van der Waals surface area (Å²) in [5.74, 6) is -0.320. The number of rotatable bonds is 5. The lowest BCUT2D eigenvalue weighted by molar-refractivity contribution is 0.0917. The van der Waals surface area contributed by atoms with Gasteiger partial charge < -0.3 is 16.2 Å². The first kappa shape index (κ1) is 15.4. The Kier molecular flexibility index (Phi) is 5.20. The van der Waals surface area contributed by atoms with E-state index < -0.39 is 0 Å². The Hall–Kier alpha value is -2.04. The third-order valence-corrected chi connectivity index (χ3v) is 3.37. The maximum atomic E-state index is 12.2. The van der Waals surface area contributed by atoms with Gasteiger partial charge in [-0.15, -0.1) is 0 Å². The normalized spacial score (nSPS) is 11.9. The first-order chi connectivity index (χ1) is 10.1. The van der Waals surface area contributed by atoms with E-state index >= 15 is 0 Å². The smallest absolute Gasteiger partial charge is 0.253 e. The summed E-state index contributed by atoms with van der Waals surface area (Å²) in [7, 11) is 0. The molecule has 2 aromatic rings. The van der Waals surface area contributed by atoms with E-state index in [1.165, 1.54) is 6.07 Å². The summed E-state index contributed by atoms with van der Waals surface area (Å²) in [6.07, 6.45) is 0.552. The molecule has 5 heteroatoms. The first-order valence-electron chi connectivity index (χ1n) is 6.61. The number of carbonyl (C=O) groups is 1. The number of anilines is 1. The van der Waals surface area contributed by atoms with Gasteiger partial charge in [0, 0.05) is 10.7 Å². The first-order valence-corrected chi connectivity index (χ1v) is 6.98. The van der Waals surface area contributed by atoms with Crippen LogP contribution in [0.2, 0.25) is 5.02 Å². The number of benzene rings is 2. The zero-order chi connectivity index (χ0) is 15.2. The number of hydrogen-bond donors (Lipinski definition) is 3. The Morgan fingerprint density at radius 2 is 1.95 bits per heavy atom. The lowest BCUT2D eigenvalue weighted by atomic mass is 10.1. The molecule has 0 fully saturated rings. The Bertz CT molecular complexity index is 617. The van der Waals surface area contributed by atoms with Crippen molar-refractivity contribution in [2.24, 2.45) is 0 Å². The monoisotopic (exact) mass is 304 g/mol. The maximum absolute atomic E-state index is 12.2. The largest absolute Gasteiger partial charge is 0.398 e. The van der Waals surface area contributed by atoms with Crippen LogP contribution in [0, 0.1) is 0 Å². The van der Waals surface area contributed by atoms with Crippen LogP contribution in [-0.2, 0) is 6.42 Å². The number of nitrogen functional groups attached to an aromatic ring is 1. The molecule has 0 heterocycles. The van der Waals surface area contributed by atoms with Gasteiger partial charge in [0.15, 0.2) is 0 Å². The number of amides is 1. The van der Waals surface area contributed by atoms with E-state index in [1.54, 1.807) is 12.1 Å². The van der Waals surface area contributed by atoms with Gasteiger partial charge in [-0.05, 0) is 30.2 Å². The van der Waals surface area contributed by atoms with Crippen LogP contribution in [0.4, 0.5) is 5.69 Å². The van der Waals surface area contributed by atoms with Crippen LogP contribution in [0.15, 0.2) is 48.5 Å². The van der Waals surface area contributed by atoms with E-state index in [9.17, 15) is 9.90 Å². The Balaban J connectivity index is 2.06. The SMILES string of the molecule is Nc1cc(Cl)ccc1C(=O)N[C@H](CO)Cc1ccccc1. The summed E-state index contributed by atoms with van der Waals surface area (Å²) in [5.41, 5.74) is 7.50. The molecule has 110 valence electrons. The summed E-state index contributed by atoms with van der Waals surface area (Å²) < 4.78 is 0. The van der Waals surface area contributed by atoms with Crippen molar-refractivity contribution in [1.82, 2.24) is 5.32 Å². The van der Waals surface area contributed by atoms with E-state index in [-0.39, 0.29) is 18.6 Å². The predicted molar refractivity (Wildman–Crippen MR) is 84.4 cm³/mol. The fraction of sp³-hybridized carbons (Fsp3) is 0.188. The van der Waals surface area contributed by atoms with Crippen LogP contribution in [0.1, 0.15) is 15.9 Å². The molecule has 0 aliphatic carbocycles. The zero-order valence-electron chi connectivity index (χ0n) is 11.4. The number of carbonyl (C=O) groups excluding carboxylic acids is 1. The standard InChI is InChI=1S/C16H17ClN2O2/c17-12-6-7-14(15(18)9-12)16(21)19-13(10-20)8-11-4-2-1-3-5-11/h1-7,9,13,20H,8,10,18H2,(H,19,21)/t13-/m0/s1. The highest BCUT2D eigenvalue weighted by Gasteiger charge is 2.15. The predicted octanol–water partition coefficient (Wildman–Crippen LogP) is 2.26. The molecule has 0 radical (unpaired) electrons. The summed E-state index contributed by atoms with van der Waals surface area (Å²) >= 11 is 5.81. The number of aliphatic hydroxyl groups is 1. The van der Waals surface area contributed by atoms with Gasteiger partial charge in [-0.2, -0.15) is 0 Å². The van der Waals surface area contributed by atoms with Gasteiger partial charge in [0.25, 0.3) is 5.91 Å². The summed E-state index contributed by atoms with van der Waals surface area (Å²) in [5, 5.41) is 12.7. The minimum absolute atomic E-state index is 0.145. The molecule has 0 aromatic heterocycles. The molecule has 2 aromatic carbocycles. The summed E-state index contributed by atoms with van der Waals surface area (Å²) in [4.78, 5) is 12.2. The van der Waals surface area contributed by atoms with Gasteiger partial charge in [0.1, 0.15) is 0 Å². The van der Waals surface area contributed by atoms with Crippen molar-refractivity contribution in [3.8, 4) is 0 Å². The van der Waals surface area contributed by atoms with Gasteiger partial charge in [0.05, 0.1) is 18.2 Å². The van der Waals surface area contributed by atoms with Gasteiger partial charge in [0.2, 0.25) is 0 Å². The van der Waals surface area contributed by atoms with E-state index in [4.69, 9.17) is 17.3 Å². The second kappa shape index (κ2) is 7.11. The minimum Gasteiger partial charge on any atom is -0.398 e. The average Bonchev–Trinajstić information content (AvgIpc) is 2.47. The maximum Gasteiger partial charge on any atom is 0.253 e. The Morgan fingerprint density at radius 3 is 2.57 bits per heavy atom. The molecule has 0 aliphatic rings. The van der Waals surface area contributed by atoms with Crippen LogP contribution < -0.4 is 11.1 Å². The van der Waals surface area contributed by atoms with Gasteiger partial charge in [-0.1, -0.05) is 41.9 Å². The van der Waals surface area contributed by atoms with Crippen molar-refractivity contribution >= 4 is 23.2 Å². The van der Waals surface area contributed by atoms with E-state index in [1.807, 2.05) is 30.3 Å². The molecule has 4 N–H and O–H groups in total. The van der Waals surface area contributed by atoms with E-state index in [0.717, 1.165) is 5.56 Å². The van der Waals surface area contributed by atoms with Crippen molar-refractivity contribution in [3.05, 3.63) is 64.7 Å². The summed E-state index contributed by atoms with van der Waals surface area (Å²) in [6.45, 7) is -0.145. The highest BCUT2D eigenvalue weighted by atomic mass is 35.5. The van der Waals surface area contributed by atoms with Crippen LogP contribution >= 0.6 is 11.6 Å². The molecule has 0 bridgehead atoms. The number of aliphatic hydroxyl groups excluding tert-OH is 1. The van der Waals surface area contributed by atoms with E-state index in [2.05, 4.69) is 5.32 Å². The van der Waals surface area contributed by atoms with Crippen LogP contribution in [-0.4, -0.2) is 23.7 Å². The lowest BCUT2D eigenvalue weighted by Gasteiger charge is -2.17. The molecular formula is C16H17ClN2O2. The fourth-order valence-corrected chi connectivity index (χ4v) is 2.24. The van der Waals surface area contributed by atoms with Crippen molar-refractivity contribution in [1.29, 1.82) is 0 Å². The quantitative estimate of drug-likeness (QED) is 0.742. The molecular weight excluding hydrogens is 288 g/mol. The Morgan fingerprint density at radius 1 is 1.24 bits per heavy atom. The van der Waals surface area contributed by atoms with Crippen molar-refractivity contribution < 1.29 is 9.90 Å². The molecule has 0 unspecified atom stereocenters. The van der Waals surface area contributed by atoms with Crippen molar-refractivity contribution in [2.75, 3.05) is 12.3 Å². The molecule has 1 atom stereocenters. The molecule has 0 aliphatic heterocycles. The number of hydrogen-bond acceptors (Lipinski definition) is 3. The van der Waals surface area contributed by atoms with Gasteiger partial charge >= 0.3 is 0 Å². The van der Waals surface area contributed by atoms with Gasteiger partial charge in [-0.3, -0.25) is 4.79 Å². The minimum atomic E-state index is -0.366. The van der Waals surface area contributed by atoms with Crippen LogP contribution in [0.3, 0.4) is 0 Å². The van der Waals surface area contributed by atoms with Crippen molar-refractivity contribution in [2.45, 2.75) is 12.5 Å². The third kappa shape index (κ3) is 4.21. The topological polar surface area (TPSA) is 75.4 Å². The molecule has 2 rings (SSSR count). The number of halogens is 1. The van der Waals surface area contributed by atoms with Crippen LogP contribution in [0.25, 0.3) is 0 Å². The molecule has 4 nitrogen and oxygen atoms in total. The molecule has 21 heavy (non-hydrogen) atoms. The van der Waals surface area contributed by atoms with Crippen molar-refractivity contribution in [3.63, 3.8) is 0 Å². The molecule has 0 saturated heterocycles. The lowest BCUT2D eigenvalue weighted by Crippen LogP contribution is -2.39. The molecule has 1 amide bonds. The number of nitrogens with two attached hydrogens (primary N) is 1. The van der Waals surface area contributed by atoms with Gasteiger partial charge in [-0.25, -0.2) is 0 Å². The van der Waals surface area contributed by atoms with Crippen LogP contribution in [0.5, 0.6) is 0 Å². The highest BCUT2D eigenvalue weighted by Crippen LogP contribution is 2.18. The fourth-order valence-electron chi connectivity index (χ4n) is 2.06. The summed E-state index contributed by atoms with van der Waals surface area (Å²) in [6, 6.07) is 14.0. The Labute approximate surface area is 128 Å². The van der Waals surface area contributed by atoms with E-state index in [0.29, 0.717) is 22.7 Å². The second-order valence-electron chi connectivity index (χ2n) is 4.77. The molecule has 0 saturated carbocycles. The second-order valence-corrected chi connectivity index (χ2v) is 5.21. The average molecular weight is 305 g/mol. The zero-order valence-corrected chi connectivity index (χ0v) is 12.2. The number of nitrogens with one attached hydrogen (secondary N) is 1. The molecule has 0 spiro atoms. The third-order valence-electron chi connectivity index (χ3n) is 3.14.